The highest BCUT2D eigenvalue weighted by atomic mass is 16.5. The van der Waals surface area contributed by atoms with E-state index in [2.05, 4.69) is 15.7 Å². The van der Waals surface area contributed by atoms with Gasteiger partial charge in [0.2, 0.25) is 0 Å². The van der Waals surface area contributed by atoms with Gasteiger partial charge in [0.15, 0.2) is 5.69 Å². The van der Waals surface area contributed by atoms with Crippen LogP contribution in [0.15, 0.2) is 28.2 Å². The van der Waals surface area contributed by atoms with Gasteiger partial charge in [-0.05, 0) is 13.0 Å². The molecular weight excluding hydrogens is 320 g/mol. The van der Waals surface area contributed by atoms with Gasteiger partial charge in [0.1, 0.15) is 6.61 Å². The summed E-state index contributed by atoms with van der Waals surface area (Å²) in [7, 11) is 1.40. The first kappa shape index (κ1) is 17.2. The zero-order valence-corrected chi connectivity index (χ0v) is 13.1. The summed E-state index contributed by atoms with van der Waals surface area (Å²) < 4.78 is 10.9. The number of rotatable bonds is 5. The smallest absolute Gasteiger partial charge is 0.359 e. The molecule has 2 heterocycles. The first-order chi connectivity index (χ1) is 11.4. The van der Waals surface area contributed by atoms with E-state index in [-0.39, 0.29) is 42.3 Å². The average molecular weight is 336 g/mol. The van der Waals surface area contributed by atoms with E-state index in [1.54, 1.807) is 6.92 Å². The van der Waals surface area contributed by atoms with Gasteiger partial charge >= 0.3 is 18.0 Å². The molecule has 128 valence electrons. The van der Waals surface area contributed by atoms with Crippen LogP contribution < -0.4 is 16.2 Å². The van der Waals surface area contributed by atoms with Crippen LogP contribution in [0, 0.1) is 0 Å². The van der Waals surface area contributed by atoms with Gasteiger partial charge in [-0.3, -0.25) is 4.79 Å². The van der Waals surface area contributed by atoms with Gasteiger partial charge in [0, 0.05) is 13.1 Å². The molecule has 0 unspecified atom stereocenters. The van der Waals surface area contributed by atoms with Crippen LogP contribution in [0.3, 0.4) is 0 Å². The number of ether oxygens (including phenoxy) is 2. The second-order valence-corrected chi connectivity index (χ2v) is 4.74. The molecule has 0 aliphatic carbocycles. The lowest BCUT2D eigenvalue weighted by Crippen LogP contribution is -2.45. The molecule has 0 atom stereocenters. The predicted octanol–water partition coefficient (Wildman–Crippen LogP) is -0.933. The molecule has 0 spiro atoms. The van der Waals surface area contributed by atoms with Crippen molar-refractivity contribution in [3.63, 3.8) is 0 Å². The van der Waals surface area contributed by atoms with Crippen molar-refractivity contribution < 1.29 is 23.9 Å². The zero-order valence-electron chi connectivity index (χ0n) is 13.1. The summed E-state index contributed by atoms with van der Waals surface area (Å²) in [5.74, 6) is -1.41. The highest BCUT2D eigenvalue weighted by Gasteiger charge is 2.24. The Hall–Kier alpha value is -3.17. The SMILES string of the molecule is CCOC(=O)C1=C(COC(=O)c2ccc(=O)n(C)n2)NC(=O)NC1. The average Bonchev–Trinajstić information content (AvgIpc) is 2.55. The van der Waals surface area contributed by atoms with E-state index in [4.69, 9.17) is 9.47 Å². The Labute approximate surface area is 136 Å². The van der Waals surface area contributed by atoms with E-state index < -0.39 is 18.0 Å². The van der Waals surface area contributed by atoms with Gasteiger partial charge in [-0.15, -0.1) is 0 Å². The second-order valence-electron chi connectivity index (χ2n) is 4.74. The van der Waals surface area contributed by atoms with Crippen molar-refractivity contribution in [2.24, 2.45) is 7.05 Å². The van der Waals surface area contributed by atoms with Gasteiger partial charge in [-0.1, -0.05) is 0 Å². The van der Waals surface area contributed by atoms with Crippen molar-refractivity contribution in [3.05, 3.63) is 39.5 Å². The van der Waals surface area contributed by atoms with E-state index in [0.717, 1.165) is 4.68 Å². The van der Waals surface area contributed by atoms with Gasteiger partial charge in [0.05, 0.1) is 24.4 Å². The van der Waals surface area contributed by atoms with E-state index in [1.807, 2.05) is 0 Å². The van der Waals surface area contributed by atoms with Crippen LogP contribution >= 0.6 is 0 Å². The summed E-state index contributed by atoms with van der Waals surface area (Å²) in [5, 5.41) is 8.60. The summed E-state index contributed by atoms with van der Waals surface area (Å²) in [5.41, 5.74) is -0.145. The standard InChI is InChI=1S/C14H16N4O6/c1-3-23-12(20)8-6-15-14(22)16-10(8)7-24-13(21)9-4-5-11(19)18(2)17-9/h4-5H,3,6-7H2,1-2H3,(H2,15,16,22). The van der Waals surface area contributed by atoms with E-state index in [1.165, 1.54) is 19.2 Å². The van der Waals surface area contributed by atoms with E-state index in [9.17, 15) is 19.2 Å². The van der Waals surface area contributed by atoms with Crippen LogP contribution in [0.1, 0.15) is 17.4 Å². The fourth-order valence-electron chi connectivity index (χ4n) is 1.89. The second kappa shape index (κ2) is 7.40. The lowest BCUT2D eigenvalue weighted by atomic mass is 10.2. The maximum absolute atomic E-state index is 12.0. The molecule has 0 aromatic carbocycles. The maximum atomic E-state index is 12.0. The number of aryl methyl sites for hydroxylation is 1. The molecule has 10 nitrogen and oxygen atoms in total. The van der Waals surface area contributed by atoms with Crippen molar-refractivity contribution in [2.45, 2.75) is 6.92 Å². The van der Waals surface area contributed by atoms with Crippen molar-refractivity contribution in [1.29, 1.82) is 0 Å². The summed E-state index contributed by atoms with van der Waals surface area (Å²) in [6.07, 6.45) is 0. The highest BCUT2D eigenvalue weighted by molar-refractivity contribution is 5.94. The summed E-state index contributed by atoms with van der Waals surface area (Å²) in [6, 6.07) is 1.89. The van der Waals surface area contributed by atoms with Crippen LogP contribution in [0.5, 0.6) is 0 Å². The highest BCUT2D eigenvalue weighted by Crippen LogP contribution is 2.09. The van der Waals surface area contributed by atoms with Crippen molar-refractivity contribution in [3.8, 4) is 0 Å². The van der Waals surface area contributed by atoms with Crippen LogP contribution in [-0.2, 0) is 21.3 Å². The third-order valence-corrected chi connectivity index (χ3v) is 3.09. The number of hydrogen-bond acceptors (Lipinski definition) is 7. The largest absolute Gasteiger partial charge is 0.463 e. The van der Waals surface area contributed by atoms with Crippen LogP contribution in [0.25, 0.3) is 0 Å². The van der Waals surface area contributed by atoms with Crippen LogP contribution in [-0.4, -0.2) is 47.5 Å². The first-order valence-electron chi connectivity index (χ1n) is 7.07. The number of nitrogens with zero attached hydrogens (tertiary/aromatic N) is 2. The van der Waals surface area contributed by atoms with E-state index in [0.29, 0.717) is 0 Å². The number of aromatic nitrogens is 2. The lowest BCUT2D eigenvalue weighted by Gasteiger charge is -2.21. The molecule has 1 aliphatic heterocycles. The van der Waals surface area contributed by atoms with Gasteiger partial charge in [-0.2, -0.15) is 5.10 Å². The molecule has 1 aromatic heterocycles. The summed E-state index contributed by atoms with van der Waals surface area (Å²) in [6.45, 7) is 1.45. The Kier molecular flexibility index (Phi) is 5.30. The monoisotopic (exact) mass is 336 g/mol. The molecule has 2 amide bonds. The predicted molar refractivity (Wildman–Crippen MR) is 80.0 cm³/mol. The number of hydrogen-bond donors (Lipinski definition) is 2. The van der Waals surface area contributed by atoms with Crippen LogP contribution in [0.4, 0.5) is 4.79 Å². The van der Waals surface area contributed by atoms with Crippen molar-refractivity contribution in [1.82, 2.24) is 20.4 Å². The minimum Gasteiger partial charge on any atom is -0.463 e. The number of carbonyl (C=O) groups excluding carboxylic acids is 3. The van der Waals surface area contributed by atoms with Gasteiger partial charge < -0.3 is 20.1 Å². The number of urea groups is 1. The minimum atomic E-state index is -0.797. The molecule has 0 fully saturated rings. The molecule has 0 saturated carbocycles. The Bertz CT molecular complexity index is 767. The number of amides is 2. The summed E-state index contributed by atoms with van der Waals surface area (Å²) >= 11 is 0. The van der Waals surface area contributed by atoms with Crippen LogP contribution in [0.2, 0.25) is 0 Å². The van der Waals surface area contributed by atoms with Gasteiger partial charge in [-0.25, -0.2) is 19.1 Å². The molecule has 0 saturated heterocycles. The minimum absolute atomic E-state index is 0.0321. The molecule has 1 aliphatic rings. The molecular formula is C14H16N4O6. The summed E-state index contributed by atoms with van der Waals surface area (Å²) in [4.78, 5) is 46.5. The lowest BCUT2D eigenvalue weighted by molar-refractivity contribution is -0.138. The molecule has 0 radical (unpaired) electrons. The number of esters is 2. The molecule has 24 heavy (non-hydrogen) atoms. The fraction of sp³-hybridized carbons (Fsp3) is 0.357. The first-order valence-corrected chi connectivity index (χ1v) is 7.07. The normalized spacial score (nSPS) is 13.8. The molecule has 2 N–H and O–H groups in total. The van der Waals surface area contributed by atoms with Crippen molar-refractivity contribution in [2.75, 3.05) is 19.8 Å². The zero-order chi connectivity index (χ0) is 17.7. The van der Waals surface area contributed by atoms with Gasteiger partial charge in [0.25, 0.3) is 5.56 Å². The Morgan fingerprint density at radius 2 is 2.00 bits per heavy atom. The molecule has 2 rings (SSSR count). The molecule has 1 aromatic rings. The van der Waals surface area contributed by atoms with Crippen molar-refractivity contribution >= 4 is 18.0 Å². The topological polar surface area (TPSA) is 129 Å². The molecule has 0 bridgehead atoms. The number of carbonyl (C=O) groups is 3. The molecule has 10 heteroatoms. The Morgan fingerprint density at radius 3 is 2.67 bits per heavy atom. The Morgan fingerprint density at radius 1 is 1.25 bits per heavy atom. The third kappa shape index (κ3) is 3.97. The maximum Gasteiger partial charge on any atom is 0.359 e. The quantitative estimate of drug-likeness (QED) is 0.664. The fourth-order valence-corrected chi connectivity index (χ4v) is 1.89. The third-order valence-electron chi connectivity index (χ3n) is 3.09. The number of nitrogens with one attached hydrogen (secondary N) is 2. The Balaban J connectivity index is 2.12. The van der Waals surface area contributed by atoms with E-state index >= 15 is 0 Å².